The number of fused-ring (bicyclic) bond motifs is 1. The first kappa shape index (κ1) is 16.3. The number of rotatable bonds is 2. The number of carbonyl (C=O) groups is 1. The number of carboxylic acid groups (broad SMARTS) is 1. The standard InChI is InChI=1S/C11H16N2.C2HF3O2/c1-9-8-10-4-2-3-5-11(10)13(9)7-6-12;3-2(4,5)1(6)7/h2-5,9H,6-8,12H2,1H3;(H,6,7). The number of hydrogen-bond donors (Lipinski definition) is 2. The molecule has 1 aromatic carbocycles. The van der Waals surface area contributed by atoms with Crippen molar-refractivity contribution in [3.63, 3.8) is 0 Å². The second kappa shape index (κ2) is 6.60. The van der Waals surface area contributed by atoms with Crippen LogP contribution in [0.2, 0.25) is 0 Å². The highest BCUT2D eigenvalue weighted by Crippen LogP contribution is 2.30. The molecule has 0 aromatic heterocycles. The first-order valence-corrected chi connectivity index (χ1v) is 6.12. The van der Waals surface area contributed by atoms with Gasteiger partial charge in [-0.05, 0) is 25.0 Å². The van der Waals surface area contributed by atoms with E-state index in [1.54, 1.807) is 0 Å². The van der Waals surface area contributed by atoms with Gasteiger partial charge in [0, 0.05) is 24.8 Å². The fourth-order valence-corrected chi connectivity index (χ4v) is 2.11. The number of nitrogens with zero attached hydrogens (tertiary/aromatic N) is 1. The summed E-state index contributed by atoms with van der Waals surface area (Å²) >= 11 is 0. The Kier molecular flexibility index (Phi) is 5.38. The first-order valence-electron chi connectivity index (χ1n) is 6.12. The fourth-order valence-electron chi connectivity index (χ4n) is 2.11. The van der Waals surface area contributed by atoms with Gasteiger partial charge in [-0.1, -0.05) is 18.2 Å². The maximum Gasteiger partial charge on any atom is 0.490 e. The second-order valence-electron chi connectivity index (χ2n) is 4.47. The SMILES string of the molecule is CC1Cc2ccccc2N1CCN.O=C(O)C(F)(F)F. The third kappa shape index (κ3) is 4.12. The zero-order chi connectivity index (χ0) is 15.3. The molecule has 0 spiro atoms. The number of anilines is 1. The molecule has 2 rings (SSSR count). The molecule has 1 aliphatic rings. The summed E-state index contributed by atoms with van der Waals surface area (Å²) < 4.78 is 31.7. The molecular formula is C13H17F3N2O2. The van der Waals surface area contributed by atoms with Crippen LogP contribution in [-0.2, 0) is 11.2 Å². The molecule has 1 heterocycles. The van der Waals surface area contributed by atoms with Gasteiger partial charge in [-0.3, -0.25) is 0 Å². The van der Waals surface area contributed by atoms with Crippen molar-refractivity contribution in [2.75, 3.05) is 18.0 Å². The predicted octanol–water partition coefficient (Wildman–Crippen LogP) is 2.03. The third-order valence-corrected chi connectivity index (χ3v) is 2.96. The maximum atomic E-state index is 10.6. The first-order chi connectivity index (χ1) is 9.27. The minimum Gasteiger partial charge on any atom is -0.475 e. The summed E-state index contributed by atoms with van der Waals surface area (Å²) in [6.45, 7) is 3.96. The minimum atomic E-state index is -5.08. The molecule has 0 bridgehead atoms. The molecule has 0 aliphatic carbocycles. The lowest BCUT2D eigenvalue weighted by atomic mass is 10.1. The Labute approximate surface area is 115 Å². The maximum absolute atomic E-state index is 10.6. The van der Waals surface area contributed by atoms with Crippen molar-refractivity contribution in [2.45, 2.75) is 25.6 Å². The molecular weight excluding hydrogens is 273 g/mol. The van der Waals surface area contributed by atoms with Crippen LogP contribution in [-0.4, -0.2) is 36.4 Å². The molecule has 0 saturated heterocycles. The van der Waals surface area contributed by atoms with Crippen LogP contribution in [0, 0.1) is 0 Å². The molecule has 1 aliphatic heterocycles. The third-order valence-electron chi connectivity index (χ3n) is 2.96. The van der Waals surface area contributed by atoms with E-state index in [4.69, 9.17) is 15.6 Å². The van der Waals surface area contributed by atoms with Crippen molar-refractivity contribution in [2.24, 2.45) is 5.73 Å². The lowest BCUT2D eigenvalue weighted by molar-refractivity contribution is -0.192. The summed E-state index contributed by atoms with van der Waals surface area (Å²) in [5.74, 6) is -2.76. The average molecular weight is 290 g/mol. The van der Waals surface area contributed by atoms with Gasteiger partial charge in [-0.2, -0.15) is 13.2 Å². The normalized spacial score (nSPS) is 17.2. The van der Waals surface area contributed by atoms with Crippen molar-refractivity contribution in [3.05, 3.63) is 29.8 Å². The molecule has 1 aromatic rings. The highest BCUT2D eigenvalue weighted by atomic mass is 19.4. The highest BCUT2D eigenvalue weighted by molar-refractivity contribution is 5.73. The molecule has 1 atom stereocenters. The van der Waals surface area contributed by atoms with Crippen molar-refractivity contribution in [1.29, 1.82) is 0 Å². The Morgan fingerprint density at radius 2 is 2.00 bits per heavy atom. The molecule has 112 valence electrons. The lowest BCUT2D eigenvalue weighted by Gasteiger charge is -2.23. The van der Waals surface area contributed by atoms with Crippen LogP contribution < -0.4 is 10.6 Å². The second-order valence-corrected chi connectivity index (χ2v) is 4.47. The van der Waals surface area contributed by atoms with Crippen LogP contribution in [0.4, 0.5) is 18.9 Å². The van der Waals surface area contributed by atoms with Gasteiger partial charge in [0.05, 0.1) is 0 Å². The van der Waals surface area contributed by atoms with E-state index in [0.717, 1.165) is 19.5 Å². The van der Waals surface area contributed by atoms with E-state index in [-0.39, 0.29) is 0 Å². The van der Waals surface area contributed by atoms with Crippen LogP contribution in [0.5, 0.6) is 0 Å². The van der Waals surface area contributed by atoms with Crippen LogP contribution in [0.15, 0.2) is 24.3 Å². The number of halogens is 3. The molecule has 1 unspecified atom stereocenters. The van der Waals surface area contributed by atoms with E-state index in [1.165, 1.54) is 11.3 Å². The van der Waals surface area contributed by atoms with Gasteiger partial charge < -0.3 is 15.7 Å². The largest absolute Gasteiger partial charge is 0.490 e. The lowest BCUT2D eigenvalue weighted by Crippen LogP contribution is -2.33. The Bertz CT molecular complexity index is 463. The van der Waals surface area contributed by atoms with Crippen molar-refractivity contribution < 1.29 is 23.1 Å². The van der Waals surface area contributed by atoms with E-state index >= 15 is 0 Å². The van der Waals surface area contributed by atoms with Gasteiger partial charge >= 0.3 is 12.1 Å². The van der Waals surface area contributed by atoms with Gasteiger partial charge in [0.1, 0.15) is 0 Å². The van der Waals surface area contributed by atoms with Crippen molar-refractivity contribution in [3.8, 4) is 0 Å². The van der Waals surface area contributed by atoms with Gasteiger partial charge in [0.15, 0.2) is 0 Å². The molecule has 0 fully saturated rings. The minimum absolute atomic E-state index is 0.612. The summed E-state index contributed by atoms with van der Waals surface area (Å²) in [4.78, 5) is 11.3. The van der Waals surface area contributed by atoms with E-state index in [9.17, 15) is 13.2 Å². The predicted molar refractivity (Wildman–Crippen MR) is 69.7 cm³/mol. The number of alkyl halides is 3. The van der Waals surface area contributed by atoms with E-state index in [2.05, 4.69) is 36.1 Å². The number of hydrogen-bond acceptors (Lipinski definition) is 3. The Hall–Kier alpha value is -1.76. The van der Waals surface area contributed by atoms with E-state index in [1.807, 2.05) is 0 Å². The van der Waals surface area contributed by atoms with Crippen LogP contribution >= 0.6 is 0 Å². The molecule has 20 heavy (non-hydrogen) atoms. The topological polar surface area (TPSA) is 66.6 Å². The number of nitrogens with two attached hydrogens (primary N) is 1. The van der Waals surface area contributed by atoms with Crippen LogP contribution in [0.3, 0.4) is 0 Å². The molecule has 4 nitrogen and oxygen atoms in total. The van der Waals surface area contributed by atoms with Crippen LogP contribution in [0.25, 0.3) is 0 Å². The Morgan fingerprint density at radius 1 is 1.45 bits per heavy atom. The molecule has 0 radical (unpaired) electrons. The summed E-state index contributed by atoms with van der Waals surface area (Å²) in [5, 5.41) is 7.12. The van der Waals surface area contributed by atoms with Crippen molar-refractivity contribution in [1.82, 2.24) is 0 Å². The summed E-state index contributed by atoms with van der Waals surface area (Å²) in [6, 6.07) is 9.22. The molecule has 0 amide bonds. The van der Waals surface area contributed by atoms with Crippen LogP contribution in [0.1, 0.15) is 12.5 Å². The van der Waals surface area contributed by atoms with E-state index < -0.39 is 12.1 Å². The fraction of sp³-hybridized carbons (Fsp3) is 0.462. The monoisotopic (exact) mass is 290 g/mol. The molecule has 7 heteroatoms. The summed E-state index contributed by atoms with van der Waals surface area (Å²) in [5.41, 5.74) is 8.42. The van der Waals surface area contributed by atoms with E-state index in [0.29, 0.717) is 6.04 Å². The van der Waals surface area contributed by atoms with Gasteiger partial charge in [-0.25, -0.2) is 4.79 Å². The zero-order valence-electron chi connectivity index (χ0n) is 11.0. The summed E-state index contributed by atoms with van der Waals surface area (Å²) in [6.07, 6.45) is -3.92. The Morgan fingerprint density at radius 3 is 2.50 bits per heavy atom. The quantitative estimate of drug-likeness (QED) is 0.874. The van der Waals surface area contributed by atoms with Crippen molar-refractivity contribution >= 4 is 11.7 Å². The number of para-hydroxylation sites is 1. The number of carboxylic acids is 1. The average Bonchev–Trinajstić information content (AvgIpc) is 2.66. The smallest absolute Gasteiger partial charge is 0.475 e. The molecule has 3 N–H and O–H groups in total. The summed E-state index contributed by atoms with van der Waals surface area (Å²) in [7, 11) is 0. The van der Waals surface area contributed by atoms with Gasteiger partial charge in [-0.15, -0.1) is 0 Å². The number of benzene rings is 1. The zero-order valence-corrected chi connectivity index (χ0v) is 11.0. The molecule has 0 saturated carbocycles. The van der Waals surface area contributed by atoms with Gasteiger partial charge in [0.25, 0.3) is 0 Å². The Balaban J connectivity index is 0.000000246. The number of aliphatic carboxylic acids is 1. The highest BCUT2D eigenvalue weighted by Gasteiger charge is 2.38. The van der Waals surface area contributed by atoms with Gasteiger partial charge in [0.2, 0.25) is 0 Å².